The van der Waals surface area contributed by atoms with Gasteiger partial charge in [-0.2, -0.15) is 13.2 Å². The first kappa shape index (κ1) is 18.2. The van der Waals surface area contributed by atoms with Crippen molar-refractivity contribution in [1.29, 1.82) is 0 Å². The highest BCUT2D eigenvalue weighted by Gasteiger charge is 2.30. The summed E-state index contributed by atoms with van der Waals surface area (Å²) < 4.78 is 42.8. The molecule has 0 saturated heterocycles. The van der Waals surface area contributed by atoms with Crippen LogP contribution >= 0.6 is 0 Å². The Bertz CT molecular complexity index is 758. The fourth-order valence-corrected chi connectivity index (χ4v) is 1.89. The first-order chi connectivity index (χ1) is 11.7. The number of nitrogens with zero attached hydrogens (tertiary/aromatic N) is 1. The summed E-state index contributed by atoms with van der Waals surface area (Å²) in [6.45, 7) is 1.45. The number of hydrogen-bond donors (Lipinski definition) is 1. The lowest BCUT2D eigenvalue weighted by Gasteiger charge is -2.15. The van der Waals surface area contributed by atoms with Crippen LogP contribution in [0.25, 0.3) is 0 Å². The summed E-state index contributed by atoms with van der Waals surface area (Å²) in [4.78, 5) is 22.0. The molecule has 0 spiro atoms. The van der Waals surface area contributed by atoms with Gasteiger partial charge in [-0.1, -0.05) is 0 Å². The van der Waals surface area contributed by atoms with Gasteiger partial charge in [-0.15, -0.1) is 0 Å². The van der Waals surface area contributed by atoms with Crippen molar-refractivity contribution in [3.05, 3.63) is 64.2 Å². The minimum atomic E-state index is -4.45. The molecule has 0 aliphatic rings. The highest BCUT2D eigenvalue weighted by molar-refractivity contribution is 5.94. The Morgan fingerprint density at radius 2 is 1.68 bits per heavy atom. The lowest BCUT2D eigenvalue weighted by atomic mass is 10.2. The minimum absolute atomic E-state index is 0.116. The molecule has 0 bridgehead atoms. The fraction of sp³-hybridized carbons (Fsp3) is 0.188. The maximum atomic E-state index is 12.5. The van der Waals surface area contributed by atoms with E-state index >= 15 is 0 Å². The molecular formula is C16H13F3N2O4. The average Bonchev–Trinajstić information content (AvgIpc) is 2.55. The van der Waals surface area contributed by atoms with Gasteiger partial charge in [0.2, 0.25) is 0 Å². The zero-order chi connectivity index (χ0) is 18.6. The molecule has 0 aromatic heterocycles. The fourth-order valence-electron chi connectivity index (χ4n) is 1.89. The van der Waals surface area contributed by atoms with Crippen LogP contribution in [-0.2, 0) is 11.0 Å². The van der Waals surface area contributed by atoms with Gasteiger partial charge in [0.15, 0.2) is 6.10 Å². The molecule has 0 aliphatic carbocycles. The first-order valence-electron chi connectivity index (χ1n) is 7.06. The molecule has 1 N–H and O–H groups in total. The maximum Gasteiger partial charge on any atom is 0.416 e. The number of nitro groups is 1. The molecule has 0 aliphatic heterocycles. The second-order valence-electron chi connectivity index (χ2n) is 5.08. The number of carbonyl (C=O) groups is 1. The number of hydrogen-bond acceptors (Lipinski definition) is 4. The molecule has 9 heteroatoms. The topological polar surface area (TPSA) is 81.5 Å². The lowest BCUT2D eigenvalue weighted by Crippen LogP contribution is -2.30. The number of alkyl halides is 3. The number of carbonyl (C=O) groups excluding carboxylic acids is 1. The highest BCUT2D eigenvalue weighted by atomic mass is 19.4. The van der Waals surface area contributed by atoms with Crippen molar-refractivity contribution in [3.8, 4) is 5.75 Å². The minimum Gasteiger partial charge on any atom is -0.481 e. The summed E-state index contributed by atoms with van der Waals surface area (Å²) in [7, 11) is 0. The van der Waals surface area contributed by atoms with Crippen molar-refractivity contribution in [2.24, 2.45) is 0 Å². The molecule has 0 unspecified atom stereocenters. The van der Waals surface area contributed by atoms with Crippen molar-refractivity contribution in [2.45, 2.75) is 19.2 Å². The van der Waals surface area contributed by atoms with E-state index in [-0.39, 0.29) is 17.1 Å². The van der Waals surface area contributed by atoms with Gasteiger partial charge in [-0.25, -0.2) is 0 Å². The van der Waals surface area contributed by atoms with E-state index in [0.29, 0.717) is 0 Å². The van der Waals surface area contributed by atoms with Gasteiger partial charge in [0.25, 0.3) is 11.6 Å². The lowest BCUT2D eigenvalue weighted by molar-refractivity contribution is -0.384. The van der Waals surface area contributed by atoms with Crippen molar-refractivity contribution in [1.82, 2.24) is 0 Å². The van der Waals surface area contributed by atoms with Crippen LogP contribution in [0, 0.1) is 10.1 Å². The highest BCUT2D eigenvalue weighted by Crippen LogP contribution is 2.29. The van der Waals surface area contributed by atoms with Crippen LogP contribution in [0.2, 0.25) is 0 Å². The van der Waals surface area contributed by atoms with Crippen molar-refractivity contribution in [3.63, 3.8) is 0 Å². The maximum absolute atomic E-state index is 12.5. The Labute approximate surface area is 140 Å². The summed E-state index contributed by atoms with van der Waals surface area (Å²) in [5.41, 5.74) is -0.743. The van der Waals surface area contributed by atoms with Gasteiger partial charge in [-0.3, -0.25) is 14.9 Å². The molecule has 0 radical (unpaired) electrons. The second kappa shape index (κ2) is 7.20. The van der Waals surface area contributed by atoms with Gasteiger partial charge >= 0.3 is 6.18 Å². The molecule has 0 fully saturated rings. The van der Waals surface area contributed by atoms with Gasteiger partial charge in [-0.05, 0) is 43.3 Å². The second-order valence-corrected chi connectivity index (χ2v) is 5.08. The van der Waals surface area contributed by atoms with Crippen LogP contribution in [0.3, 0.4) is 0 Å². The molecule has 2 rings (SSSR count). The molecule has 0 heterocycles. The number of nitro benzene ring substituents is 1. The molecule has 0 saturated carbocycles. The van der Waals surface area contributed by atoms with Crippen molar-refractivity contribution in [2.75, 3.05) is 5.32 Å². The first-order valence-corrected chi connectivity index (χ1v) is 7.06. The van der Waals surface area contributed by atoms with Gasteiger partial charge < -0.3 is 10.1 Å². The number of nitrogens with one attached hydrogen (secondary N) is 1. The molecule has 2 aromatic rings. The Morgan fingerprint density at radius 1 is 1.12 bits per heavy atom. The third-order valence-corrected chi connectivity index (χ3v) is 3.21. The van der Waals surface area contributed by atoms with E-state index < -0.39 is 28.7 Å². The molecule has 1 amide bonds. The predicted molar refractivity (Wildman–Crippen MR) is 83.3 cm³/mol. The Hall–Kier alpha value is -3.10. The standard InChI is InChI=1S/C16H13F3N2O4/c1-10(25-14-8-6-13(7-9-14)21(23)24)15(22)20-12-4-2-11(3-5-12)16(17,18)19/h2-10H,1H3,(H,20,22)/t10-/m0/s1. The monoisotopic (exact) mass is 354 g/mol. The third-order valence-electron chi connectivity index (χ3n) is 3.21. The smallest absolute Gasteiger partial charge is 0.416 e. The van der Waals surface area contributed by atoms with Crippen LogP contribution in [-0.4, -0.2) is 16.9 Å². The Kier molecular flexibility index (Phi) is 5.26. The van der Waals surface area contributed by atoms with Crippen molar-refractivity contribution < 1.29 is 27.6 Å². The van der Waals surface area contributed by atoms with Crippen LogP contribution in [0.5, 0.6) is 5.75 Å². The molecule has 2 aromatic carbocycles. The Balaban J connectivity index is 1.97. The van der Waals surface area contributed by atoms with E-state index in [1.165, 1.54) is 31.2 Å². The Morgan fingerprint density at radius 3 is 2.16 bits per heavy atom. The number of rotatable bonds is 5. The summed E-state index contributed by atoms with van der Waals surface area (Å²) in [5.74, 6) is -0.321. The number of anilines is 1. The molecule has 132 valence electrons. The van der Waals surface area contributed by atoms with Crippen molar-refractivity contribution >= 4 is 17.3 Å². The van der Waals surface area contributed by atoms with E-state index in [0.717, 1.165) is 24.3 Å². The number of ether oxygens (including phenoxy) is 1. The summed E-state index contributed by atoms with van der Waals surface area (Å²) >= 11 is 0. The molecule has 25 heavy (non-hydrogen) atoms. The summed E-state index contributed by atoms with van der Waals surface area (Å²) in [6.07, 6.45) is -5.40. The number of halogens is 3. The predicted octanol–water partition coefficient (Wildman–Crippen LogP) is 4.02. The zero-order valence-electron chi connectivity index (χ0n) is 12.9. The van der Waals surface area contributed by atoms with E-state index in [1.807, 2.05) is 0 Å². The van der Waals surface area contributed by atoms with Crippen LogP contribution in [0.4, 0.5) is 24.5 Å². The van der Waals surface area contributed by atoms with E-state index in [1.54, 1.807) is 0 Å². The molecule has 6 nitrogen and oxygen atoms in total. The zero-order valence-corrected chi connectivity index (χ0v) is 12.9. The average molecular weight is 354 g/mol. The van der Waals surface area contributed by atoms with Gasteiger partial charge in [0.1, 0.15) is 5.75 Å². The van der Waals surface area contributed by atoms with Crippen LogP contribution in [0.1, 0.15) is 12.5 Å². The number of amides is 1. The summed E-state index contributed by atoms with van der Waals surface area (Å²) in [6, 6.07) is 9.15. The van der Waals surface area contributed by atoms with Crippen LogP contribution < -0.4 is 10.1 Å². The SMILES string of the molecule is C[C@H](Oc1ccc([N+](=O)[O-])cc1)C(=O)Nc1ccc(C(F)(F)F)cc1. The van der Waals surface area contributed by atoms with Crippen LogP contribution in [0.15, 0.2) is 48.5 Å². The quantitative estimate of drug-likeness (QED) is 0.649. The van der Waals surface area contributed by atoms with E-state index in [4.69, 9.17) is 4.74 Å². The van der Waals surface area contributed by atoms with E-state index in [9.17, 15) is 28.1 Å². The number of non-ortho nitro benzene ring substituents is 1. The van der Waals surface area contributed by atoms with Gasteiger partial charge in [0, 0.05) is 17.8 Å². The normalized spacial score (nSPS) is 12.3. The molecule has 1 atom stereocenters. The van der Waals surface area contributed by atoms with Gasteiger partial charge in [0.05, 0.1) is 10.5 Å². The summed E-state index contributed by atoms with van der Waals surface area (Å²) in [5, 5.41) is 13.0. The third kappa shape index (κ3) is 4.93. The number of benzene rings is 2. The molecular weight excluding hydrogens is 341 g/mol. The largest absolute Gasteiger partial charge is 0.481 e. The van der Waals surface area contributed by atoms with E-state index in [2.05, 4.69) is 5.32 Å².